The highest BCUT2D eigenvalue weighted by Crippen LogP contribution is 2.38. The first kappa shape index (κ1) is 19.5. The largest absolute Gasteiger partial charge is 0.439 e. The lowest BCUT2D eigenvalue weighted by molar-refractivity contribution is -0.137. The van der Waals surface area contributed by atoms with Crippen molar-refractivity contribution in [3.8, 4) is 22.8 Å². The van der Waals surface area contributed by atoms with Crippen LogP contribution in [0.15, 0.2) is 42.6 Å². The maximum atomic E-state index is 12.8. The summed E-state index contributed by atoms with van der Waals surface area (Å²) in [4.78, 5) is 3.77. The fourth-order valence-corrected chi connectivity index (χ4v) is 4.12. The maximum absolute atomic E-state index is 12.8. The molecule has 7 nitrogen and oxygen atoms in total. The van der Waals surface area contributed by atoms with Gasteiger partial charge in [0.2, 0.25) is 15.9 Å². The Morgan fingerprint density at radius 2 is 1.90 bits per heavy atom. The number of aromatic nitrogens is 3. The van der Waals surface area contributed by atoms with Crippen LogP contribution in [0.1, 0.15) is 5.56 Å². The summed E-state index contributed by atoms with van der Waals surface area (Å²) in [5.41, 5.74) is 0.0913. The second kappa shape index (κ2) is 6.92. The van der Waals surface area contributed by atoms with Gasteiger partial charge >= 0.3 is 6.18 Å². The van der Waals surface area contributed by atoms with Crippen molar-refractivity contribution in [1.29, 1.82) is 0 Å². The molecule has 0 aliphatic carbocycles. The number of halogens is 4. The molecule has 12 heteroatoms. The Morgan fingerprint density at radius 3 is 2.59 bits per heavy atom. The lowest BCUT2D eigenvalue weighted by atomic mass is 10.1. The standard InChI is InChI=1S/C17H12ClF3N4O3S/c18-15-14(16-24-29(26,27)8-7-25(16)23-15)10-1-3-12(4-2-10)28-13-9-11(5-6-22-13)17(19,20)21/h1-6,9,24H,7-8H2. The number of benzene rings is 1. The number of alkyl halides is 3. The number of hydrogen-bond acceptors (Lipinski definition) is 5. The Hall–Kier alpha value is -2.79. The van der Waals surface area contributed by atoms with E-state index in [1.165, 1.54) is 16.8 Å². The van der Waals surface area contributed by atoms with Gasteiger partial charge < -0.3 is 4.74 Å². The summed E-state index contributed by atoms with van der Waals surface area (Å²) in [7, 11) is -3.47. The number of hydrogen-bond donors (Lipinski definition) is 1. The van der Waals surface area contributed by atoms with E-state index < -0.39 is 21.8 Å². The van der Waals surface area contributed by atoms with Crippen LogP contribution in [0.25, 0.3) is 11.1 Å². The van der Waals surface area contributed by atoms with Crippen LogP contribution in [0.2, 0.25) is 5.15 Å². The first-order chi connectivity index (χ1) is 13.6. The molecule has 0 radical (unpaired) electrons. The van der Waals surface area contributed by atoms with E-state index >= 15 is 0 Å². The number of sulfonamides is 1. The first-order valence-corrected chi connectivity index (χ1v) is 10.2. The van der Waals surface area contributed by atoms with E-state index in [-0.39, 0.29) is 34.9 Å². The lowest BCUT2D eigenvalue weighted by Crippen LogP contribution is -2.28. The van der Waals surface area contributed by atoms with Gasteiger partial charge in [0.15, 0.2) is 5.15 Å². The molecule has 0 unspecified atom stereocenters. The molecule has 1 aliphatic heterocycles. The van der Waals surface area contributed by atoms with E-state index in [2.05, 4.69) is 14.8 Å². The van der Waals surface area contributed by atoms with Crippen molar-refractivity contribution in [2.45, 2.75) is 12.7 Å². The summed E-state index contributed by atoms with van der Waals surface area (Å²) in [6, 6.07) is 7.85. The van der Waals surface area contributed by atoms with Crippen molar-refractivity contribution < 1.29 is 26.3 Å². The smallest absolute Gasteiger partial charge is 0.416 e. The fourth-order valence-electron chi connectivity index (χ4n) is 2.81. The van der Waals surface area contributed by atoms with Crippen LogP contribution in [0.3, 0.4) is 0 Å². The second-order valence-electron chi connectivity index (χ2n) is 6.17. The monoisotopic (exact) mass is 444 g/mol. The predicted molar refractivity (Wildman–Crippen MR) is 99.4 cm³/mol. The van der Waals surface area contributed by atoms with Gasteiger partial charge in [-0.05, 0) is 23.8 Å². The molecule has 0 bridgehead atoms. The Morgan fingerprint density at radius 1 is 1.17 bits per heavy atom. The number of rotatable bonds is 3. The average Bonchev–Trinajstić information content (AvgIpc) is 2.96. The summed E-state index contributed by atoms with van der Waals surface area (Å²) in [6.45, 7) is 0.173. The number of aryl methyl sites for hydroxylation is 1. The molecule has 29 heavy (non-hydrogen) atoms. The number of nitrogens with one attached hydrogen (secondary N) is 1. The molecule has 0 atom stereocenters. The molecule has 1 aromatic carbocycles. The topological polar surface area (TPSA) is 86.1 Å². The summed E-state index contributed by atoms with van der Waals surface area (Å²) >= 11 is 6.18. The molecule has 0 saturated heterocycles. The molecule has 4 rings (SSSR count). The lowest BCUT2D eigenvalue weighted by Gasteiger charge is -2.17. The molecule has 0 amide bonds. The highest BCUT2D eigenvalue weighted by atomic mass is 35.5. The molecule has 0 saturated carbocycles. The van der Waals surface area contributed by atoms with Gasteiger partial charge in [0.05, 0.1) is 23.4 Å². The van der Waals surface area contributed by atoms with Crippen molar-refractivity contribution in [2.24, 2.45) is 0 Å². The van der Waals surface area contributed by atoms with E-state index in [0.29, 0.717) is 11.1 Å². The van der Waals surface area contributed by atoms with E-state index in [1.807, 2.05) is 0 Å². The molecule has 152 valence electrons. The minimum atomic E-state index is -4.50. The SMILES string of the molecule is O=S1(=O)CCn2nc(Cl)c(-c3ccc(Oc4cc(C(F)(F)F)ccn4)cc3)c2N1. The Bertz CT molecular complexity index is 1180. The zero-order chi connectivity index (χ0) is 20.8. The van der Waals surface area contributed by atoms with Gasteiger partial charge in [-0.1, -0.05) is 23.7 Å². The van der Waals surface area contributed by atoms with Gasteiger partial charge in [0.25, 0.3) is 0 Å². The molecule has 1 N–H and O–H groups in total. The minimum Gasteiger partial charge on any atom is -0.439 e. The van der Waals surface area contributed by atoms with Gasteiger partial charge in [0, 0.05) is 12.3 Å². The third kappa shape index (κ3) is 4.01. The summed E-state index contributed by atoms with van der Waals surface area (Å²) < 4.78 is 71.4. The van der Waals surface area contributed by atoms with Crippen LogP contribution in [0.5, 0.6) is 11.6 Å². The molecule has 3 heterocycles. The van der Waals surface area contributed by atoms with Crippen LogP contribution < -0.4 is 9.46 Å². The Labute approximate surface area is 168 Å². The van der Waals surface area contributed by atoms with Gasteiger partial charge in [-0.2, -0.15) is 18.3 Å². The van der Waals surface area contributed by atoms with Crippen LogP contribution in [-0.4, -0.2) is 28.9 Å². The van der Waals surface area contributed by atoms with E-state index in [0.717, 1.165) is 18.3 Å². The second-order valence-corrected chi connectivity index (χ2v) is 8.37. The van der Waals surface area contributed by atoms with Crippen LogP contribution >= 0.6 is 11.6 Å². The maximum Gasteiger partial charge on any atom is 0.416 e. The number of fused-ring (bicyclic) bond motifs is 1. The zero-order valence-corrected chi connectivity index (χ0v) is 16.0. The van der Waals surface area contributed by atoms with E-state index in [1.54, 1.807) is 12.1 Å². The van der Waals surface area contributed by atoms with Gasteiger partial charge in [-0.15, -0.1) is 0 Å². The highest BCUT2D eigenvalue weighted by molar-refractivity contribution is 7.92. The van der Waals surface area contributed by atoms with E-state index in [9.17, 15) is 21.6 Å². The third-order valence-electron chi connectivity index (χ3n) is 4.16. The van der Waals surface area contributed by atoms with Crippen LogP contribution in [0, 0.1) is 0 Å². The number of pyridine rings is 1. The third-order valence-corrected chi connectivity index (χ3v) is 5.65. The molecule has 0 spiro atoms. The van der Waals surface area contributed by atoms with Crippen molar-refractivity contribution in [2.75, 3.05) is 10.5 Å². The summed E-state index contributed by atoms with van der Waals surface area (Å²) in [6.07, 6.45) is -3.49. The minimum absolute atomic E-state index is 0.103. The van der Waals surface area contributed by atoms with Gasteiger partial charge in [0.1, 0.15) is 11.6 Å². The van der Waals surface area contributed by atoms with E-state index in [4.69, 9.17) is 16.3 Å². The molecule has 2 aromatic heterocycles. The van der Waals surface area contributed by atoms with Crippen molar-refractivity contribution in [1.82, 2.24) is 14.8 Å². The Balaban J connectivity index is 1.61. The number of nitrogens with zero attached hydrogens (tertiary/aromatic N) is 3. The molecule has 0 fully saturated rings. The molecular weight excluding hydrogens is 433 g/mol. The van der Waals surface area contributed by atoms with Crippen molar-refractivity contribution in [3.63, 3.8) is 0 Å². The first-order valence-electron chi connectivity index (χ1n) is 8.21. The highest BCUT2D eigenvalue weighted by Gasteiger charge is 2.31. The van der Waals surface area contributed by atoms with Crippen LogP contribution in [0.4, 0.5) is 19.0 Å². The molecule has 3 aromatic rings. The summed E-state index contributed by atoms with van der Waals surface area (Å²) in [5.74, 6) is 0.197. The predicted octanol–water partition coefficient (Wildman–Crippen LogP) is 4.16. The number of anilines is 1. The Kier molecular flexibility index (Phi) is 4.66. The molecular formula is C17H12ClF3N4O3S. The van der Waals surface area contributed by atoms with Crippen LogP contribution in [-0.2, 0) is 22.7 Å². The van der Waals surface area contributed by atoms with Crippen molar-refractivity contribution in [3.05, 3.63) is 53.3 Å². The zero-order valence-electron chi connectivity index (χ0n) is 14.4. The molecule has 1 aliphatic rings. The number of ether oxygens (including phenoxy) is 1. The fraction of sp³-hybridized carbons (Fsp3) is 0.176. The average molecular weight is 445 g/mol. The normalized spacial score (nSPS) is 15.4. The quantitative estimate of drug-likeness (QED) is 0.655. The van der Waals surface area contributed by atoms with Gasteiger partial charge in [-0.25, -0.2) is 18.1 Å². The van der Waals surface area contributed by atoms with Crippen molar-refractivity contribution >= 4 is 27.4 Å². The van der Waals surface area contributed by atoms with Gasteiger partial charge in [-0.3, -0.25) is 4.72 Å². The summed E-state index contributed by atoms with van der Waals surface area (Å²) in [5, 5.41) is 4.25.